The van der Waals surface area contributed by atoms with Gasteiger partial charge in [-0.05, 0) is 38.1 Å². The van der Waals surface area contributed by atoms with Crippen molar-refractivity contribution in [1.29, 1.82) is 0 Å². The first-order valence-electron chi connectivity index (χ1n) is 9.30. The Labute approximate surface area is 178 Å². The molecular formula is C22H23BrN2O4. The number of hydrogen-bond acceptors (Lipinski definition) is 5. The first kappa shape index (κ1) is 21.1. The highest BCUT2D eigenvalue weighted by molar-refractivity contribution is 9.10. The van der Waals surface area contributed by atoms with Gasteiger partial charge in [0.05, 0.1) is 31.9 Å². The molecule has 1 aliphatic heterocycles. The Morgan fingerprint density at radius 1 is 1.07 bits per heavy atom. The van der Waals surface area contributed by atoms with E-state index < -0.39 is 0 Å². The van der Waals surface area contributed by atoms with E-state index >= 15 is 0 Å². The number of benzene rings is 2. The number of para-hydroxylation sites is 1. The summed E-state index contributed by atoms with van der Waals surface area (Å²) < 4.78 is 11.8. The number of amides is 2. The van der Waals surface area contributed by atoms with Crippen LogP contribution in [0, 0.1) is 0 Å². The number of carbonyl (C=O) groups excluding carboxylic acids is 2. The maximum Gasteiger partial charge on any atom is 0.278 e. The molecule has 0 fully saturated rings. The van der Waals surface area contributed by atoms with E-state index in [1.54, 1.807) is 12.1 Å². The van der Waals surface area contributed by atoms with E-state index in [0.717, 1.165) is 4.47 Å². The molecule has 0 saturated carbocycles. The van der Waals surface area contributed by atoms with Gasteiger partial charge in [-0.1, -0.05) is 40.2 Å². The topological polar surface area (TPSA) is 67.9 Å². The summed E-state index contributed by atoms with van der Waals surface area (Å²) in [6.07, 6.45) is 0.0173. The lowest BCUT2D eigenvalue weighted by Gasteiger charge is -2.16. The molecule has 152 valence electrons. The van der Waals surface area contributed by atoms with Gasteiger partial charge >= 0.3 is 0 Å². The van der Waals surface area contributed by atoms with Crippen LogP contribution < -0.4 is 10.1 Å². The Balaban J connectivity index is 2.01. The van der Waals surface area contributed by atoms with Crippen LogP contribution in [0.25, 0.3) is 5.57 Å². The van der Waals surface area contributed by atoms with Gasteiger partial charge in [0.2, 0.25) is 0 Å². The van der Waals surface area contributed by atoms with Gasteiger partial charge in [-0.2, -0.15) is 0 Å². The quantitative estimate of drug-likeness (QED) is 0.603. The summed E-state index contributed by atoms with van der Waals surface area (Å²) in [5.41, 5.74) is 1.78. The van der Waals surface area contributed by atoms with Crippen LogP contribution in [-0.2, 0) is 14.3 Å². The van der Waals surface area contributed by atoms with E-state index in [-0.39, 0.29) is 42.3 Å². The second-order valence-corrected chi connectivity index (χ2v) is 7.68. The lowest BCUT2D eigenvalue weighted by atomic mass is 10.0. The average Bonchev–Trinajstić information content (AvgIpc) is 2.92. The maximum absolute atomic E-state index is 13.2. The zero-order chi connectivity index (χ0) is 21.0. The van der Waals surface area contributed by atoms with Crippen molar-refractivity contribution in [2.24, 2.45) is 0 Å². The van der Waals surface area contributed by atoms with Crippen LogP contribution in [0.4, 0.5) is 5.69 Å². The molecule has 0 saturated heterocycles. The Morgan fingerprint density at radius 2 is 1.83 bits per heavy atom. The minimum atomic E-state index is -0.386. The number of imide groups is 1. The number of methoxy groups -OCH3 is 1. The minimum Gasteiger partial charge on any atom is -0.496 e. The highest BCUT2D eigenvalue weighted by Crippen LogP contribution is 2.35. The predicted molar refractivity (Wildman–Crippen MR) is 115 cm³/mol. The molecule has 7 heteroatoms. The molecule has 1 heterocycles. The lowest BCUT2D eigenvalue weighted by Crippen LogP contribution is -2.35. The molecule has 0 aromatic heterocycles. The molecule has 1 aliphatic rings. The summed E-state index contributed by atoms with van der Waals surface area (Å²) in [6.45, 7) is 4.27. The number of carbonyl (C=O) groups is 2. The van der Waals surface area contributed by atoms with Crippen LogP contribution in [0.15, 0.2) is 58.7 Å². The van der Waals surface area contributed by atoms with E-state index in [1.165, 1.54) is 12.0 Å². The van der Waals surface area contributed by atoms with Crippen molar-refractivity contribution in [2.75, 3.05) is 25.6 Å². The lowest BCUT2D eigenvalue weighted by molar-refractivity contribution is -0.137. The zero-order valence-electron chi connectivity index (χ0n) is 16.6. The van der Waals surface area contributed by atoms with Gasteiger partial charge in [0, 0.05) is 15.7 Å². The molecule has 3 rings (SSSR count). The fraction of sp³-hybridized carbons (Fsp3) is 0.273. The monoisotopic (exact) mass is 458 g/mol. The fourth-order valence-electron chi connectivity index (χ4n) is 3.09. The Bertz CT molecular complexity index is 955. The number of hydrogen-bond donors (Lipinski definition) is 1. The van der Waals surface area contributed by atoms with E-state index in [9.17, 15) is 9.59 Å². The molecule has 0 spiro atoms. The largest absolute Gasteiger partial charge is 0.496 e. The number of nitrogens with one attached hydrogen (secondary N) is 1. The molecule has 0 bridgehead atoms. The molecule has 1 N–H and O–H groups in total. The molecule has 2 amide bonds. The van der Waals surface area contributed by atoms with Crippen molar-refractivity contribution >= 4 is 39.0 Å². The van der Waals surface area contributed by atoms with Gasteiger partial charge in [-0.25, -0.2) is 0 Å². The normalized spacial score (nSPS) is 14.2. The molecule has 0 atom stereocenters. The summed E-state index contributed by atoms with van der Waals surface area (Å²) in [7, 11) is 1.54. The van der Waals surface area contributed by atoms with Gasteiger partial charge < -0.3 is 14.8 Å². The molecule has 29 heavy (non-hydrogen) atoms. The van der Waals surface area contributed by atoms with Crippen molar-refractivity contribution in [3.63, 3.8) is 0 Å². The van der Waals surface area contributed by atoms with E-state index in [4.69, 9.17) is 9.47 Å². The molecule has 0 radical (unpaired) electrons. The molecular weight excluding hydrogens is 436 g/mol. The highest BCUT2D eigenvalue weighted by atomic mass is 79.9. The van der Waals surface area contributed by atoms with Crippen molar-refractivity contribution in [3.8, 4) is 5.75 Å². The third-order valence-corrected chi connectivity index (χ3v) is 4.90. The van der Waals surface area contributed by atoms with Crippen LogP contribution >= 0.6 is 15.9 Å². The third-order valence-electron chi connectivity index (χ3n) is 4.40. The second-order valence-electron chi connectivity index (χ2n) is 6.77. The average molecular weight is 459 g/mol. The summed E-state index contributed by atoms with van der Waals surface area (Å²) in [6, 6.07) is 14.6. The Morgan fingerprint density at radius 3 is 2.52 bits per heavy atom. The van der Waals surface area contributed by atoms with Gasteiger partial charge in [-0.15, -0.1) is 0 Å². The number of halogens is 1. The number of rotatable bonds is 8. The van der Waals surface area contributed by atoms with Gasteiger partial charge in [0.15, 0.2) is 0 Å². The van der Waals surface area contributed by atoms with Gasteiger partial charge in [0.1, 0.15) is 11.4 Å². The summed E-state index contributed by atoms with van der Waals surface area (Å²) >= 11 is 3.43. The number of anilines is 1. The fourth-order valence-corrected chi connectivity index (χ4v) is 3.49. The van der Waals surface area contributed by atoms with Crippen LogP contribution in [0.2, 0.25) is 0 Å². The SMILES string of the molecule is COc1ccccc1C1=C(Nc2cccc(Br)c2)C(=O)N(CCOC(C)C)C1=O. The molecule has 2 aromatic carbocycles. The first-order chi connectivity index (χ1) is 13.9. The van der Waals surface area contributed by atoms with Crippen LogP contribution in [0.3, 0.4) is 0 Å². The summed E-state index contributed by atoms with van der Waals surface area (Å²) in [5.74, 6) is -0.231. The van der Waals surface area contributed by atoms with E-state index in [2.05, 4.69) is 21.2 Å². The standard InChI is InChI=1S/C22H23BrN2O4/c1-14(2)29-12-11-25-21(26)19(17-9-4-5-10-18(17)28-3)20(22(25)27)24-16-8-6-7-15(23)13-16/h4-10,13-14,24H,11-12H2,1-3H3. The number of nitrogens with zero attached hydrogens (tertiary/aromatic N) is 1. The predicted octanol–water partition coefficient (Wildman–Crippen LogP) is 4.07. The van der Waals surface area contributed by atoms with Crippen LogP contribution in [0.5, 0.6) is 5.75 Å². The number of ether oxygens (including phenoxy) is 2. The highest BCUT2D eigenvalue weighted by Gasteiger charge is 2.40. The van der Waals surface area contributed by atoms with E-state index in [1.807, 2.05) is 50.2 Å². The smallest absolute Gasteiger partial charge is 0.278 e. The van der Waals surface area contributed by atoms with Crippen molar-refractivity contribution in [1.82, 2.24) is 4.90 Å². The summed E-state index contributed by atoms with van der Waals surface area (Å²) in [4.78, 5) is 27.6. The first-order valence-corrected chi connectivity index (χ1v) is 10.1. The maximum atomic E-state index is 13.2. The molecule has 0 aliphatic carbocycles. The van der Waals surface area contributed by atoms with Crippen molar-refractivity contribution in [2.45, 2.75) is 20.0 Å². The Kier molecular flexibility index (Phi) is 6.71. The van der Waals surface area contributed by atoms with Crippen LogP contribution in [0.1, 0.15) is 19.4 Å². The van der Waals surface area contributed by atoms with E-state index in [0.29, 0.717) is 17.0 Å². The minimum absolute atomic E-state index is 0.0173. The third kappa shape index (κ3) is 4.68. The molecule has 6 nitrogen and oxygen atoms in total. The van der Waals surface area contributed by atoms with Crippen molar-refractivity contribution < 1.29 is 19.1 Å². The van der Waals surface area contributed by atoms with Crippen molar-refractivity contribution in [3.05, 3.63) is 64.3 Å². The summed E-state index contributed by atoms with van der Waals surface area (Å²) in [5, 5.41) is 3.13. The van der Waals surface area contributed by atoms with Crippen LogP contribution in [-0.4, -0.2) is 43.1 Å². The second kappa shape index (κ2) is 9.24. The Hall–Kier alpha value is -2.64. The van der Waals surface area contributed by atoms with Gasteiger partial charge in [-0.3, -0.25) is 14.5 Å². The molecule has 2 aromatic rings. The van der Waals surface area contributed by atoms with Gasteiger partial charge in [0.25, 0.3) is 11.8 Å². The zero-order valence-corrected chi connectivity index (χ0v) is 18.2. The molecule has 0 unspecified atom stereocenters.